The minimum absolute atomic E-state index is 0.105. The largest absolute Gasteiger partial charge is 0.493 e. The van der Waals surface area contributed by atoms with Gasteiger partial charge in [0.25, 0.3) is 0 Å². The van der Waals surface area contributed by atoms with Crippen molar-refractivity contribution in [1.29, 1.82) is 0 Å². The molecule has 1 aromatic carbocycles. The van der Waals surface area contributed by atoms with E-state index in [1.165, 1.54) is 24.0 Å². The Morgan fingerprint density at radius 1 is 1.38 bits per heavy atom. The highest BCUT2D eigenvalue weighted by atomic mass is 16.5. The molecule has 1 saturated heterocycles. The van der Waals surface area contributed by atoms with Gasteiger partial charge in [-0.25, -0.2) is 0 Å². The summed E-state index contributed by atoms with van der Waals surface area (Å²) in [5, 5.41) is 0. The molecule has 1 unspecified atom stereocenters. The predicted molar refractivity (Wildman–Crippen MR) is 80.4 cm³/mol. The Morgan fingerprint density at radius 2 is 2.19 bits per heavy atom. The third-order valence-electron chi connectivity index (χ3n) is 4.35. The maximum atomic E-state index is 11.9. The molecule has 0 aromatic heterocycles. The highest BCUT2D eigenvalue weighted by molar-refractivity contribution is 5.70. The van der Waals surface area contributed by atoms with Crippen LogP contribution in [0.2, 0.25) is 0 Å². The predicted octanol–water partition coefficient (Wildman–Crippen LogP) is 2.71. The molecule has 0 aliphatic carbocycles. The van der Waals surface area contributed by atoms with E-state index in [2.05, 4.69) is 17.0 Å². The highest BCUT2D eigenvalue weighted by Gasteiger charge is 2.27. The van der Waals surface area contributed by atoms with Gasteiger partial charge in [-0.2, -0.15) is 0 Å². The number of esters is 1. The molecule has 2 aliphatic rings. The van der Waals surface area contributed by atoms with Gasteiger partial charge < -0.3 is 9.47 Å². The quantitative estimate of drug-likeness (QED) is 0.781. The second-order valence-corrected chi connectivity index (χ2v) is 5.73. The summed E-state index contributed by atoms with van der Waals surface area (Å²) in [5.74, 6) is 0.890. The maximum Gasteiger partial charge on any atom is 0.307 e. The van der Waals surface area contributed by atoms with Gasteiger partial charge in [-0.05, 0) is 50.0 Å². The molecule has 0 radical (unpaired) electrons. The van der Waals surface area contributed by atoms with Crippen LogP contribution in [-0.2, 0) is 16.0 Å². The van der Waals surface area contributed by atoms with Crippen LogP contribution in [-0.4, -0.2) is 37.2 Å². The molecular weight excluding hydrogens is 266 g/mol. The number of hydrogen-bond donors (Lipinski definition) is 0. The van der Waals surface area contributed by atoms with E-state index in [9.17, 15) is 4.79 Å². The number of ether oxygens (including phenoxy) is 2. The number of carbonyl (C=O) groups excluding carboxylic acids is 1. The van der Waals surface area contributed by atoms with Gasteiger partial charge in [-0.1, -0.05) is 12.1 Å². The van der Waals surface area contributed by atoms with Crippen LogP contribution >= 0.6 is 0 Å². The Balaban J connectivity index is 1.81. The molecule has 0 saturated carbocycles. The lowest BCUT2D eigenvalue weighted by atomic mass is 9.99. The first-order valence-electron chi connectivity index (χ1n) is 7.93. The van der Waals surface area contributed by atoms with Gasteiger partial charge in [0.1, 0.15) is 5.75 Å². The monoisotopic (exact) mass is 289 g/mol. The maximum absolute atomic E-state index is 11.9. The fourth-order valence-electron chi connectivity index (χ4n) is 3.30. The van der Waals surface area contributed by atoms with Crippen LogP contribution in [0, 0.1) is 0 Å². The van der Waals surface area contributed by atoms with Crippen molar-refractivity contribution in [2.75, 3.05) is 26.3 Å². The van der Waals surface area contributed by atoms with Crippen molar-refractivity contribution in [3.8, 4) is 5.75 Å². The van der Waals surface area contributed by atoms with Crippen LogP contribution in [0.4, 0.5) is 0 Å². The highest BCUT2D eigenvalue weighted by Crippen LogP contribution is 2.33. The summed E-state index contributed by atoms with van der Waals surface area (Å²) in [6.45, 7) is 5.21. The van der Waals surface area contributed by atoms with Gasteiger partial charge in [0, 0.05) is 12.5 Å². The van der Waals surface area contributed by atoms with E-state index in [0.717, 1.165) is 31.9 Å². The van der Waals surface area contributed by atoms with Crippen molar-refractivity contribution in [3.05, 3.63) is 29.3 Å². The first-order chi connectivity index (χ1) is 10.3. The van der Waals surface area contributed by atoms with E-state index in [-0.39, 0.29) is 12.0 Å². The second kappa shape index (κ2) is 6.48. The lowest BCUT2D eigenvalue weighted by Crippen LogP contribution is -2.28. The van der Waals surface area contributed by atoms with Crippen molar-refractivity contribution < 1.29 is 14.3 Å². The molecule has 1 atom stereocenters. The number of hydrogen-bond acceptors (Lipinski definition) is 4. The van der Waals surface area contributed by atoms with Crippen LogP contribution in [0.15, 0.2) is 18.2 Å². The third-order valence-corrected chi connectivity index (χ3v) is 4.35. The lowest BCUT2D eigenvalue weighted by molar-refractivity contribution is -0.144. The average Bonchev–Trinajstić information content (AvgIpc) is 3.15. The van der Waals surface area contributed by atoms with E-state index >= 15 is 0 Å². The molecule has 1 fully saturated rings. The van der Waals surface area contributed by atoms with Gasteiger partial charge in [0.05, 0.1) is 19.6 Å². The van der Waals surface area contributed by atoms with E-state index < -0.39 is 0 Å². The number of rotatable bonds is 5. The fraction of sp³-hybridized carbons (Fsp3) is 0.588. The van der Waals surface area contributed by atoms with E-state index in [4.69, 9.17) is 9.47 Å². The van der Waals surface area contributed by atoms with Crippen molar-refractivity contribution >= 4 is 5.97 Å². The Bertz CT molecular complexity index is 509. The molecule has 4 heteroatoms. The van der Waals surface area contributed by atoms with Gasteiger partial charge in [0.2, 0.25) is 0 Å². The first-order valence-corrected chi connectivity index (χ1v) is 7.93. The molecule has 21 heavy (non-hydrogen) atoms. The molecule has 1 aromatic rings. The standard InChI is InChI=1S/C17H23NO3/c1-2-20-17(19)12-15(18-8-3-4-9-18)13-5-6-16-14(11-13)7-10-21-16/h5-6,11,15H,2-4,7-10,12H2,1H3. The number of nitrogens with zero attached hydrogens (tertiary/aromatic N) is 1. The smallest absolute Gasteiger partial charge is 0.307 e. The Labute approximate surface area is 126 Å². The van der Waals surface area contributed by atoms with Crippen molar-refractivity contribution in [2.24, 2.45) is 0 Å². The van der Waals surface area contributed by atoms with Crippen LogP contribution in [0.1, 0.15) is 43.4 Å². The number of likely N-dealkylation sites (tertiary alicyclic amines) is 1. The Morgan fingerprint density at radius 3 is 2.95 bits per heavy atom. The molecule has 3 rings (SSSR count). The normalized spacial score (nSPS) is 19.1. The second-order valence-electron chi connectivity index (χ2n) is 5.73. The average molecular weight is 289 g/mol. The topological polar surface area (TPSA) is 38.8 Å². The summed E-state index contributed by atoms with van der Waals surface area (Å²) in [7, 11) is 0. The fourth-order valence-corrected chi connectivity index (χ4v) is 3.30. The van der Waals surface area contributed by atoms with E-state index in [1.807, 2.05) is 13.0 Å². The molecule has 0 spiro atoms. The Hall–Kier alpha value is -1.55. The zero-order valence-electron chi connectivity index (χ0n) is 12.6. The summed E-state index contributed by atoms with van der Waals surface area (Å²) in [6.07, 6.45) is 3.84. The summed E-state index contributed by atoms with van der Waals surface area (Å²) < 4.78 is 10.7. The van der Waals surface area contributed by atoms with Gasteiger partial charge in [-0.15, -0.1) is 0 Å². The molecule has 0 bridgehead atoms. The van der Waals surface area contributed by atoms with Gasteiger partial charge in [0.15, 0.2) is 0 Å². The third kappa shape index (κ3) is 3.21. The zero-order chi connectivity index (χ0) is 14.7. The number of benzene rings is 1. The van der Waals surface area contributed by atoms with Crippen molar-refractivity contribution in [1.82, 2.24) is 4.90 Å². The number of fused-ring (bicyclic) bond motifs is 1. The molecule has 114 valence electrons. The van der Waals surface area contributed by atoms with Crippen LogP contribution in [0.5, 0.6) is 5.75 Å². The molecule has 0 N–H and O–H groups in total. The van der Waals surface area contributed by atoms with Crippen molar-refractivity contribution in [2.45, 2.75) is 38.6 Å². The van der Waals surface area contributed by atoms with Crippen LogP contribution in [0.3, 0.4) is 0 Å². The minimum Gasteiger partial charge on any atom is -0.493 e. The summed E-state index contributed by atoms with van der Waals surface area (Å²) in [5.41, 5.74) is 2.48. The van der Waals surface area contributed by atoms with Crippen molar-refractivity contribution in [3.63, 3.8) is 0 Å². The molecule has 2 aliphatic heterocycles. The molecule has 2 heterocycles. The number of carbonyl (C=O) groups is 1. The van der Waals surface area contributed by atoms with Gasteiger partial charge >= 0.3 is 5.97 Å². The summed E-state index contributed by atoms with van der Waals surface area (Å²) in [6, 6.07) is 6.50. The molecule has 4 nitrogen and oxygen atoms in total. The van der Waals surface area contributed by atoms with E-state index in [0.29, 0.717) is 13.0 Å². The summed E-state index contributed by atoms with van der Waals surface area (Å²) >= 11 is 0. The molecular formula is C17H23NO3. The minimum atomic E-state index is -0.105. The van der Waals surface area contributed by atoms with Crippen LogP contribution < -0.4 is 4.74 Å². The van der Waals surface area contributed by atoms with Crippen LogP contribution in [0.25, 0.3) is 0 Å². The SMILES string of the molecule is CCOC(=O)CC(c1ccc2c(c1)CCO2)N1CCCC1. The first kappa shape index (κ1) is 14.4. The molecule has 0 amide bonds. The summed E-state index contributed by atoms with van der Waals surface area (Å²) in [4.78, 5) is 14.4. The Kier molecular flexibility index (Phi) is 4.44. The van der Waals surface area contributed by atoms with E-state index in [1.54, 1.807) is 0 Å². The zero-order valence-corrected chi connectivity index (χ0v) is 12.6. The lowest BCUT2D eigenvalue weighted by Gasteiger charge is -2.27. The van der Waals surface area contributed by atoms with Gasteiger partial charge in [-0.3, -0.25) is 9.69 Å².